The van der Waals surface area contributed by atoms with Gasteiger partial charge in [-0.1, -0.05) is 13.3 Å². The van der Waals surface area contributed by atoms with Crippen molar-refractivity contribution in [3.8, 4) is 0 Å². The van der Waals surface area contributed by atoms with Gasteiger partial charge in [0.15, 0.2) is 0 Å². The maximum atomic E-state index is 12.4. The van der Waals surface area contributed by atoms with Crippen molar-refractivity contribution < 1.29 is 4.79 Å². The van der Waals surface area contributed by atoms with Crippen molar-refractivity contribution >= 4 is 5.91 Å². The number of rotatable bonds is 5. The molecule has 1 heterocycles. The average molecular weight is 267 g/mol. The smallest absolute Gasteiger partial charge is 0.227 e. The summed E-state index contributed by atoms with van der Waals surface area (Å²) in [5, 5.41) is 0. The summed E-state index contributed by atoms with van der Waals surface area (Å²) in [6, 6.07) is 0.106. The molecule has 4 heteroatoms. The lowest BCUT2D eigenvalue weighted by molar-refractivity contribution is -0.134. The second-order valence-corrected chi connectivity index (χ2v) is 6.40. The molecule has 1 aliphatic carbocycles. The molecule has 0 aromatic heterocycles. The first-order chi connectivity index (χ1) is 9.11. The van der Waals surface area contributed by atoms with Crippen LogP contribution >= 0.6 is 0 Å². The topological polar surface area (TPSA) is 49.6 Å². The van der Waals surface area contributed by atoms with E-state index in [9.17, 15) is 4.79 Å². The normalized spacial score (nSPS) is 31.4. The van der Waals surface area contributed by atoms with Crippen LogP contribution in [-0.4, -0.2) is 55.0 Å². The van der Waals surface area contributed by atoms with Gasteiger partial charge in [0, 0.05) is 25.7 Å². The van der Waals surface area contributed by atoms with E-state index in [1.807, 2.05) is 0 Å². The first kappa shape index (κ1) is 14.8. The predicted octanol–water partition coefficient (Wildman–Crippen LogP) is 1.30. The Morgan fingerprint density at radius 1 is 1.37 bits per heavy atom. The van der Waals surface area contributed by atoms with E-state index in [0.717, 1.165) is 51.9 Å². The molecule has 0 bridgehead atoms. The zero-order valence-corrected chi connectivity index (χ0v) is 12.5. The Hall–Kier alpha value is -0.610. The van der Waals surface area contributed by atoms with Gasteiger partial charge in [-0.05, 0) is 45.2 Å². The Labute approximate surface area is 117 Å². The number of likely N-dealkylation sites (tertiary alicyclic amines) is 1. The van der Waals surface area contributed by atoms with E-state index in [4.69, 9.17) is 5.73 Å². The standard InChI is InChI=1S/C15H29N3O/c1-3-8-17(2)10-12-7-9-18(11-12)15(19)13-5-4-6-14(13)16/h12-14H,3-11,16H2,1-2H3/t12-,13+,14-/m0/s1. The third-order valence-electron chi connectivity index (χ3n) is 4.66. The molecule has 1 amide bonds. The molecule has 2 aliphatic rings. The Kier molecular flexibility index (Phi) is 5.22. The molecule has 0 unspecified atom stereocenters. The lowest BCUT2D eigenvalue weighted by Crippen LogP contribution is -2.41. The van der Waals surface area contributed by atoms with E-state index in [0.29, 0.717) is 11.8 Å². The average Bonchev–Trinajstić information content (AvgIpc) is 2.98. The SMILES string of the molecule is CCCN(C)C[C@@H]1CCN(C(=O)[C@@H]2CCC[C@@H]2N)C1. The quantitative estimate of drug-likeness (QED) is 0.817. The Balaban J connectivity index is 1.79. The maximum absolute atomic E-state index is 12.4. The second-order valence-electron chi connectivity index (χ2n) is 6.40. The Morgan fingerprint density at radius 3 is 2.79 bits per heavy atom. The van der Waals surface area contributed by atoms with Crippen molar-refractivity contribution in [2.75, 3.05) is 33.2 Å². The van der Waals surface area contributed by atoms with Crippen LogP contribution in [0.25, 0.3) is 0 Å². The van der Waals surface area contributed by atoms with Gasteiger partial charge in [0.05, 0.1) is 5.92 Å². The molecule has 4 nitrogen and oxygen atoms in total. The second kappa shape index (κ2) is 6.71. The molecular formula is C15H29N3O. The van der Waals surface area contributed by atoms with Crippen LogP contribution in [0, 0.1) is 11.8 Å². The van der Waals surface area contributed by atoms with Crippen molar-refractivity contribution in [1.29, 1.82) is 0 Å². The van der Waals surface area contributed by atoms with E-state index in [2.05, 4.69) is 23.8 Å². The van der Waals surface area contributed by atoms with E-state index in [-0.39, 0.29) is 12.0 Å². The summed E-state index contributed by atoms with van der Waals surface area (Å²) in [7, 11) is 2.18. The third kappa shape index (κ3) is 3.69. The molecule has 1 aliphatic heterocycles. The van der Waals surface area contributed by atoms with Crippen LogP contribution in [0.3, 0.4) is 0 Å². The molecule has 19 heavy (non-hydrogen) atoms. The summed E-state index contributed by atoms with van der Waals surface area (Å²) in [6.07, 6.45) is 5.49. The van der Waals surface area contributed by atoms with Crippen LogP contribution in [-0.2, 0) is 4.79 Å². The molecule has 2 rings (SSSR count). The minimum Gasteiger partial charge on any atom is -0.342 e. The number of amides is 1. The lowest BCUT2D eigenvalue weighted by atomic mass is 10.0. The summed E-state index contributed by atoms with van der Waals surface area (Å²) < 4.78 is 0. The zero-order valence-electron chi connectivity index (χ0n) is 12.5. The van der Waals surface area contributed by atoms with Gasteiger partial charge in [-0.25, -0.2) is 0 Å². The van der Waals surface area contributed by atoms with Crippen molar-refractivity contribution in [3.63, 3.8) is 0 Å². The van der Waals surface area contributed by atoms with E-state index < -0.39 is 0 Å². The van der Waals surface area contributed by atoms with Crippen LogP contribution < -0.4 is 5.73 Å². The predicted molar refractivity (Wildman–Crippen MR) is 77.8 cm³/mol. The zero-order chi connectivity index (χ0) is 13.8. The van der Waals surface area contributed by atoms with Crippen molar-refractivity contribution in [2.24, 2.45) is 17.6 Å². The molecule has 1 saturated carbocycles. The van der Waals surface area contributed by atoms with E-state index in [1.54, 1.807) is 0 Å². The molecular weight excluding hydrogens is 238 g/mol. The monoisotopic (exact) mass is 267 g/mol. The Bertz CT molecular complexity index is 308. The van der Waals surface area contributed by atoms with Gasteiger partial charge >= 0.3 is 0 Å². The highest BCUT2D eigenvalue weighted by atomic mass is 16.2. The third-order valence-corrected chi connectivity index (χ3v) is 4.66. The summed E-state index contributed by atoms with van der Waals surface area (Å²) in [5.41, 5.74) is 6.05. The van der Waals surface area contributed by atoms with Crippen LogP contribution in [0.5, 0.6) is 0 Å². The molecule has 3 atom stereocenters. The first-order valence-corrected chi connectivity index (χ1v) is 7.84. The van der Waals surface area contributed by atoms with Crippen LogP contribution in [0.4, 0.5) is 0 Å². The summed E-state index contributed by atoms with van der Waals surface area (Å²) >= 11 is 0. The van der Waals surface area contributed by atoms with Crippen LogP contribution in [0.15, 0.2) is 0 Å². The van der Waals surface area contributed by atoms with Crippen LogP contribution in [0.1, 0.15) is 39.0 Å². The molecule has 2 fully saturated rings. The highest BCUT2D eigenvalue weighted by Gasteiger charge is 2.36. The van der Waals surface area contributed by atoms with Gasteiger partial charge in [0.2, 0.25) is 5.91 Å². The van der Waals surface area contributed by atoms with Gasteiger partial charge in [0.25, 0.3) is 0 Å². The molecule has 0 radical (unpaired) electrons. The summed E-state index contributed by atoms with van der Waals surface area (Å²) in [5.74, 6) is 1.08. The van der Waals surface area contributed by atoms with Crippen molar-refractivity contribution in [2.45, 2.75) is 45.1 Å². The van der Waals surface area contributed by atoms with Crippen LogP contribution in [0.2, 0.25) is 0 Å². The maximum Gasteiger partial charge on any atom is 0.227 e. The van der Waals surface area contributed by atoms with Gasteiger partial charge < -0.3 is 15.5 Å². The largest absolute Gasteiger partial charge is 0.342 e. The highest BCUT2D eigenvalue weighted by Crippen LogP contribution is 2.28. The van der Waals surface area contributed by atoms with Crippen molar-refractivity contribution in [1.82, 2.24) is 9.80 Å². The molecule has 1 saturated heterocycles. The van der Waals surface area contributed by atoms with Gasteiger partial charge in [0.1, 0.15) is 0 Å². The van der Waals surface area contributed by atoms with E-state index >= 15 is 0 Å². The molecule has 2 N–H and O–H groups in total. The number of hydrogen-bond donors (Lipinski definition) is 1. The molecule has 0 spiro atoms. The highest BCUT2D eigenvalue weighted by molar-refractivity contribution is 5.80. The number of nitrogens with zero attached hydrogens (tertiary/aromatic N) is 2. The van der Waals surface area contributed by atoms with Gasteiger partial charge in [-0.2, -0.15) is 0 Å². The molecule has 110 valence electrons. The number of carbonyl (C=O) groups is 1. The molecule has 0 aromatic rings. The minimum atomic E-state index is 0.104. The fourth-order valence-electron chi connectivity index (χ4n) is 3.63. The number of hydrogen-bond acceptors (Lipinski definition) is 3. The fourth-order valence-corrected chi connectivity index (χ4v) is 3.63. The Morgan fingerprint density at radius 2 is 2.16 bits per heavy atom. The van der Waals surface area contributed by atoms with Crippen molar-refractivity contribution in [3.05, 3.63) is 0 Å². The lowest BCUT2D eigenvalue weighted by Gasteiger charge is -2.24. The van der Waals surface area contributed by atoms with E-state index in [1.165, 1.54) is 6.42 Å². The first-order valence-electron chi connectivity index (χ1n) is 7.84. The number of carbonyl (C=O) groups excluding carboxylic acids is 1. The summed E-state index contributed by atoms with van der Waals surface area (Å²) in [4.78, 5) is 16.9. The van der Waals surface area contributed by atoms with Gasteiger partial charge in [-0.15, -0.1) is 0 Å². The van der Waals surface area contributed by atoms with Gasteiger partial charge in [-0.3, -0.25) is 4.79 Å². The minimum absolute atomic E-state index is 0.104. The summed E-state index contributed by atoms with van der Waals surface area (Å²) in [6.45, 7) is 6.36. The fraction of sp³-hybridized carbons (Fsp3) is 0.933. The number of nitrogens with two attached hydrogens (primary N) is 1. The molecule has 0 aromatic carbocycles.